The predicted octanol–water partition coefficient (Wildman–Crippen LogP) is 6.73. The van der Waals surface area contributed by atoms with Gasteiger partial charge in [-0.15, -0.1) is 0 Å². The molecule has 32 heavy (non-hydrogen) atoms. The second-order valence-electron chi connectivity index (χ2n) is 9.07. The molecule has 0 aromatic heterocycles. The Morgan fingerprint density at radius 2 is 1.81 bits per heavy atom. The lowest BCUT2D eigenvalue weighted by Crippen LogP contribution is -2.41. The number of carbonyl (C=O) groups is 1. The molecule has 0 aliphatic carbocycles. The molecule has 0 N–H and O–H groups in total. The summed E-state index contributed by atoms with van der Waals surface area (Å²) in [5.74, 6) is 1.80. The van der Waals surface area contributed by atoms with E-state index in [1.165, 1.54) is 17.7 Å². The van der Waals surface area contributed by atoms with Crippen LogP contribution in [0.4, 0.5) is 10.5 Å². The molecule has 2 aromatic carbocycles. The van der Waals surface area contributed by atoms with Gasteiger partial charge in [-0.05, 0) is 92.1 Å². The average molecular weight is 505 g/mol. The van der Waals surface area contributed by atoms with Crippen LogP contribution in [0.25, 0.3) is 0 Å². The van der Waals surface area contributed by atoms with Crippen LogP contribution in [-0.2, 0) is 11.2 Å². The van der Waals surface area contributed by atoms with Gasteiger partial charge in [0.2, 0.25) is 0 Å². The number of nitro groups is 1. The van der Waals surface area contributed by atoms with E-state index in [1.54, 1.807) is 6.07 Å². The van der Waals surface area contributed by atoms with Crippen molar-refractivity contribution in [1.29, 1.82) is 0 Å². The fraction of sp³-hybridized carbons (Fsp3) is 0.458. The highest BCUT2D eigenvalue weighted by Crippen LogP contribution is 2.33. The molecule has 1 aliphatic rings. The van der Waals surface area contributed by atoms with Crippen LogP contribution < -0.4 is 4.74 Å². The Kier molecular flexibility index (Phi) is 7.77. The van der Waals surface area contributed by atoms with Crippen molar-refractivity contribution in [3.8, 4) is 11.5 Å². The maximum Gasteiger partial charge on any atom is 0.410 e. The van der Waals surface area contributed by atoms with Gasteiger partial charge in [0.1, 0.15) is 17.1 Å². The highest BCUT2D eigenvalue weighted by molar-refractivity contribution is 9.10. The third kappa shape index (κ3) is 6.95. The van der Waals surface area contributed by atoms with Crippen molar-refractivity contribution in [1.82, 2.24) is 4.90 Å². The lowest BCUT2D eigenvalue weighted by Gasteiger charge is -2.33. The van der Waals surface area contributed by atoms with Crippen molar-refractivity contribution in [3.63, 3.8) is 0 Å². The first-order chi connectivity index (χ1) is 15.1. The summed E-state index contributed by atoms with van der Waals surface area (Å²) in [4.78, 5) is 24.4. The van der Waals surface area contributed by atoms with Crippen molar-refractivity contribution in [3.05, 3.63) is 62.6 Å². The number of carbonyl (C=O) groups excluding carboxylic acids is 1. The Bertz CT molecular complexity index is 948. The molecule has 1 fully saturated rings. The fourth-order valence-corrected chi connectivity index (χ4v) is 4.09. The first-order valence-electron chi connectivity index (χ1n) is 10.8. The normalized spacial score (nSPS) is 14.8. The number of aryl methyl sites for hydroxylation is 1. The Hall–Kier alpha value is -2.61. The number of nitrogens with zero attached hydrogens (tertiary/aromatic N) is 2. The van der Waals surface area contributed by atoms with Crippen molar-refractivity contribution in [2.45, 2.75) is 52.1 Å². The Morgan fingerprint density at radius 1 is 1.16 bits per heavy atom. The average Bonchev–Trinajstić information content (AvgIpc) is 2.73. The summed E-state index contributed by atoms with van der Waals surface area (Å²) in [6.45, 7) is 7.16. The summed E-state index contributed by atoms with van der Waals surface area (Å²) in [7, 11) is 0. The van der Waals surface area contributed by atoms with Crippen LogP contribution in [0.3, 0.4) is 0 Å². The Labute approximate surface area is 197 Å². The van der Waals surface area contributed by atoms with Gasteiger partial charge in [0.25, 0.3) is 5.69 Å². The molecule has 172 valence electrons. The van der Waals surface area contributed by atoms with Crippen LogP contribution in [0.1, 0.15) is 45.6 Å². The predicted molar refractivity (Wildman–Crippen MR) is 126 cm³/mol. The first kappa shape index (κ1) is 24.0. The minimum Gasteiger partial charge on any atom is -0.456 e. The van der Waals surface area contributed by atoms with Crippen molar-refractivity contribution in [2.24, 2.45) is 5.92 Å². The first-order valence-corrected chi connectivity index (χ1v) is 11.6. The molecule has 3 rings (SSSR count). The van der Waals surface area contributed by atoms with Gasteiger partial charge in [-0.2, -0.15) is 0 Å². The number of likely N-dealkylation sites (tertiary alicyclic amines) is 1. The minimum atomic E-state index is -0.460. The topological polar surface area (TPSA) is 81.9 Å². The molecule has 1 heterocycles. The quantitative estimate of drug-likeness (QED) is 0.321. The van der Waals surface area contributed by atoms with Gasteiger partial charge >= 0.3 is 6.09 Å². The molecule has 0 bridgehead atoms. The van der Waals surface area contributed by atoms with Gasteiger partial charge in [0.05, 0.1) is 9.40 Å². The SMILES string of the molecule is CC(C)(C)OC(=O)N1CCC(CCc2ccc(Oc3ccc([N+](=O)[O-])cc3Br)cc2)CC1. The lowest BCUT2D eigenvalue weighted by molar-refractivity contribution is -0.384. The minimum absolute atomic E-state index is 0.0106. The number of piperidine rings is 1. The van der Waals surface area contributed by atoms with Crippen molar-refractivity contribution < 1.29 is 19.2 Å². The third-order valence-electron chi connectivity index (χ3n) is 5.38. The molecule has 1 aliphatic heterocycles. The second kappa shape index (κ2) is 10.3. The van der Waals surface area contributed by atoms with Crippen molar-refractivity contribution >= 4 is 27.7 Å². The standard InChI is InChI=1S/C24H29BrN2O5/c1-24(2,3)32-23(28)26-14-12-18(13-15-26)5-4-17-6-9-20(10-7-17)31-22-11-8-19(27(29)30)16-21(22)25/h6-11,16,18H,4-5,12-15H2,1-3H3. The second-order valence-corrected chi connectivity index (χ2v) is 9.92. The highest BCUT2D eigenvalue weighted by atomic mass is 79.9. The van der Waals surface area contributed by atoms with E-state index in [0.29, 0.717) is 21.9 Å². The number of halogens is 1. The summed E-state index contributed by atoms with van der Waals surface area (Å²) >= 11 is 3.32. The maximum atomic E-state index is 12.2. The Morgan fingerprint density at radius 3 is 2.38 bits per heavy atom. The molecule has 2 aromatic rings. The van der Waals surface area contributed by atoms with E-state index in [-0.39, 0.29) is 11.8 Å². The van der Waals surface area contributed by atoms with E-state index in [0.717, 1.165) is 38.8 Å². The third-order valence-corrected chi connectivity index (χ3v) is 6.00. The van der Waals surface area contributed by atoms with E-state index < -0.39 is 10.5 Å². The zero-order valence-electron chi connectivity index (χ0n) is 18.7. The van der Waals surface area contributed by atoms with Gasteiger partial charge in [-0.3, -0.25) is 10.1 Å². The number of nitro benzene ring substituents is 1. The molecule has 0 spiro atoms. The van der Waals surface area contributed by atoms with E-state index in [1.807, 2.05) is 49.9 Å². The van der Waals surface area contributed by atoms with Crippen LogP contribution in [0.15, 0.2) is 46.9 Å². The number of ether oxygens (including phenoxy) is 2. The van der Waals surface area contributed by atoms with Gasteiger partial charge in [0.15, 0.2) is 0 Å². The summed E-state index contributed by atoms with van der Waals surface area (Å²) in [6.07, 6.45) is 3.82. The van der Waals surface area contributed by atoms with E-state index in [4.69, 9.17) is 9.47 Å². The van der Waals surface area contributed by atoms with Gasteiger partial charge in [-0.1, -0.05) is 12.1 Å². The zero-order valence-corrected chi connectivity index (χ0v) is 20.3. The monoisotopic (exact) mass is 504 g/mol. The molecule has 0 radical (unpaired) electrons. The number of benzene rings is 2. The van der Waals surface area contributed by atoms with E-state index in [2.05, 4.69) is 15.9 Å². The summed E-state index contributed by atoms with van der Waals surface area (Å²) < 4.78 is 11.8. The number of hydrogen-bond donors (Lipinski definition) is 0. The van der Waals surface area contributed by atoms with Crippen LogP contribution in [-0.4, -0.2) is 34.6 Å². The molecular formula is C24H29BrN2O5. The molecule has 1 amide bonds. The van der Waals surface area contributed by atoms with Crippen LogP contribution in [0, 0.1) is 16.0 Å². The fourth-order valence-electron chi connectivity index (χ4n) is 3.64. The number of amides is 1. The van der Waals surface area contributed by atoms with Gasteiger partial charge in [-0.25, -0.2) is 4.79 Å². The molecule has 7 nitrogen and oxygen atoms in total. The number of rotatable bonds is 6. The largest absolute Gasteiger partial charge is 0.456 e. The molecule has 1 saturated heterocycles. The molecular weight excluding hydrogens is 476 g/mol. The van der Waals surface area contributed by atoms with Crippen LogP contribution >= 0.6 is 15.9 Å². The molecule has 0 atom stereocenters. The van der Waals surface area contributed by atoms with Crippen LogP contribution in [0.5, 0.6) is 11.5 Å². The number of hydrogen-bond acceptors (Lipinski definition) is 5. The van der Waals surface area contributed by atoms with Crippen molar-refractivity contribution in [2.75, 3.05) is 13.1 Å². The lowest BCUT2D eigenvalue weighted by atomic mass is 9.90. The number of non-ortho nitro benzene ring substituents is 1. The maximum absolute atomic E-state index is 12.2. The molecule has 0 unspecified atom stereocenters. The highest BCUT2D eigenvalue weighted by Gasteiger charge is 2.26. The summed E-state index contributed by atoms with van der Waals surface area (Å²) in [5.41, 5.74) is 0.782. The van der Waals surface area contributed by atoms with Gasteiger partial charge in [0, 0.05) is 25.2 Å². The zero-order chi connectivity index (χ0) is 23.3. The summed E-state index contributed by atoms with van der Waals surface area (Å²) in [5, 5.41) is 10.9. The van der Waals surface area contributed by atoms with Gasteiger partial charge < -0.3 is 14.4 Å². The van der Waals surface area contributed by atoms with E-state index in [9.17, 15) is 14.9 Å². The van der Waals surface area contributed by atoms with E-state index >= 15 is 0 Å². The molecule has 8 heteroatoms. The molecule has 0 saturated carbocycles. The Balaban J connectivity index is 1.46. The van der Waals surface area contributed by atoms with Crippen LogP contribution in [0.2, 0.25) is 0 Å². The smallest absolute Gasteiger partial charge is 0.410 e. The summed E-state index contributed by atoms with van der Waals surface area (Å²) in [6, 6.07) is 12.3.